The van der Waals surface area contributed by atoms with Crippen LogP contribution in [0.5, 0.6) is 11.5 Å². The van der Waals surface area contributed by atoms with E-state index in [1.807, 2.05) is 54.6 Å². The number of ketones is 1. The Kier molecular flexibility index (Phi) is 8.66. The normalized spacial score (nSPS) is 11.8. The molecule has 26 heavy (non-hydrogen) atoms. The molecule has 0 saturated carbocycles. The molecular formula is C21H27NO4. The zero-order chi connectivity index (χ0) is 18.6. The molecule has 140 valence electrons. The fourth-order valence-electron chi connectivity index (χ4n) is 2.35. The second-order valence-corrected chi connectivity index (χ2v) is 6.18. The number of hydrogen-bond acceptors (Lipinski definition) is 5. The number of rotatable bonds is 12. The van der Waals surface area contributed by atoms with Gasteiger partial charge in [-0.25, -0.2) is 0 Å². The van der Waals surface area contributed by atoms with Crippen molar-refractivity contribution < 1.29 is 19.4 Å². The second-order valence-electron chi connectivity index (χ2n) is 6.18. The molecule has 0 aliphatic carbocycles. The standard InChI is InChI=1S/C21H27NO4/c1-17(23)7-8-18-9-11-21(12-10-18)25-14-13-22-15-19(24)16-26-20-5-3-2-4-6-20/h2-6,9-12,19,22,24H,7-8,13-16H2,1H3. The van der Waals surface area contributed by atoms with Gasteiger partial charge in [0, 0.05) is 19.5 Å². The first kappa shape index (κ1) is 19.9. The molecule has 1 unspecified atom stereocenters. The number of benzene rings is 2. The van der Waals surface area contributed by atoms with Gasteiger partial charge in [-0.3, -0.25) is 0 Å². The number of aryl methyl sites for hydroxylation is 1. The van der Waals surface area contributed by atoms with Crippen molar-refractivity contribution in [3.8, 4) is 11.5 Å². The minimum absolute atomic E-state index is 0.202. The van der Waals surface area contributed by atoms with E-state index < -0.39 is 6.10 Å². The number of carbonyl (C=O) groups is 1. The van der Waals surface area contributed by atoms with Crippen molar-refractivity contribution in [3.63, 3.8) is 0 Å². The van der Waals surface area contributed by atoms with Crippen molar-refractivity contribution in [2.24, 2.45) is 0 Å². The average Bonchev–Trinajstić information content (AvgIpc) is 2.66. The van der Waals surface area contributed by atoms with Crippen LogP contribution in [0.2, 0.25) is 0 Å². The summed E-state index contributed by atoms with van der Waals surface area (Å²) in [6.45, 7) is 3.45. The van der Waals surface area contributed by atoms with Gasteiger partial charge in [-0.1, -0.05) is 30.3 Å². The summed E-state index contributed by atoms with van der Waals surface area (Å²) >= 11 is 0. The summed E-state index contributed by atoms with van der Waals surface area (Å²) in [5.41, 5.74) is 1.13. The summed E-state index contributed by atoms with van der Waals surface area (Å²) in [6, 6.07) is 17.2. The minimum atomic E-state index is -0.573. The molecule has 0 radical (unpaired) electrons. The van der Waals surface area contributed by atoms with Gasteiger partial charge in [0.15, 0.2) is 0 Å². The molecule has 5 heteroatoms. The lowest BCUT2D eigenvalue weighted by Gasteiger charge is -2.13. The second kappa shape index (κ2) is 11.3. The average molecular weight is 357 g/mol. The first-order valence-electron chi connectivity index (χ1n) is 8.91. The van der Waals surface area contributed by atoms with Gasteiger partial charge < -0.3 is 24.7 Å². The summed E-state index contributed by atoms with van der Waals surface area (Å²) in [6.07, 6.45) is 0.761. The van der Waals surface area contributed by atoms with E-state index in [2.05, 4.69) is 5.32 Å². The van der Waals surface area contributed by atoms with E-state index in [9.17, 15) is 9.90 Å². The third-order valence-corrected chi connectivity index (χ3v) is 3.80. The lowest BCUT2D eigenvalue weighted by atomic mass is 10.1. The summed E-state index contributed by atoms with van der Waals surface area (Å²) in [5, 5.41) is 13.0. The van der Waals surface area contributed by atoms with E-state index in [1.165, 1.54) is 0 Å². The number of carbonyl (C=O) groups excluding carboxylic acids is 1. The lowest BCUT2D eigenvalue weighted by molar-refractivity contribution is -0.116. The van der Waals surface area contributed by atoms with Crippen molar-refractivity contribution in [3.05, 3.63) is 60.2 Å². The highest BCUT2D eigenvalue weighted by atomic mass is 16.5. The fourth-order valence-corrected chi connectivity index (χ4v) is 2.35. The van der Waals surface area contributed by atoms with E-state index in [4.69, 9.17) is 9.47 Å². The van der Waals surface area contributed by atoms with Gasteiger partial charge in [-0.05, 0) is 43.2 Å². The Hall–Kier alpha value is -2.37. The molecule has 0 amide bonds. The van der Waals surface area contributed by atoms with Crippen LogP contribution in [0.1, 0.15) is 18.9 Å². The third kappa shape index (κ3) is 8.14. The molecule has 2 rings (SSSR count). The quantitative estimate of drug-likeness (QED) is 0.572. The molecule has 2 N–H and O–H groups in total. The molecule has 1 atom stereocenters. The van der Waals surface area contributed by atoms with Crippen LogP contribution in [0.3, 0.4) is 0 Å². The Morgan fingerprint density at radius 1 is 1.04 bits per heavy atom. The van der Waals surface area contributed by atoms with E-state index >= 15 is 0 Å². The Morgan fingerprint density at radius 3 is 2.42 bits per heavy atom. The third-order valence-electron chi connectivity index (χ3n) is 3.80. The topological polar surface area (TPSA) is 67.8 Å². The number of ether oxygens (including phenoxy) is 2. The minimum Gasteiger partial charge on any atom is -0.492 e. The van der Waals surface area contributed by atoms with E-state index in [-0.39, 0.29) is 12.4 Å². The van der Waals surface area contributed by atoms with Crippen molar-refractivity contribution in [2.45, 2.75) is 25.9 Å². The molecule has 0 aliphatic heterocycles. The molecule has 2 aromatic rings. The van der Waals surface area contributed by atoms with Gasteiger partial charge >= 0.3 is 0 Å². The predicted octanol–water partition coefficient (Wildman–Crippen LogP) is 2.62. The maximum atomic E-state index is 11.0. The largest absolute Gasteiger partial charge is 0.492 e. The summed E-state index contributed by atoms with van der Waals surface area (Å²) in [7, 11) is 0. The van der Waals surface area contributed by atoms with Gasteiger partial charge in [0.25, 0.3) is 0 Å². The first-order valence-corrected chi connectivity index (χ1v) is 8.91. The maximum Gasteiger partial charge on any atom is 0.130 e. The van der Waals surface area contributed by atoms with E-state index in [0.29, 0.717) is 26.1 Å². The van der Waals surface area contributed by atoms with Gasteiger partial charge in [-0.15, -0.1) is 0 Å². The Bertz CT molecular complexity index is 643. The van der Waals surface area contributed by atoms with Gasteiger partial charge in [0.2, 0.25) is 0 Å². The molecule has 0 spiro atoms. The van der Waals surface area contributed by atoms with Crippen LogP contribution in [-0.4, -0.2) is 43.3 Å². The van der Waals surface area contributed by atoms with Crippen molar-refractivity contribution in [1.29, 1.82) is 0 Å². The molecule has 2 aromatic carbocycles. The number of nitrogens with one attached hydrogen (secondary N) is 1. The van der Waals surface area contributed by atoms with Crippen LogP contribution < -0.4 is 14.8 Å². The van der Waals surface area contributed by atoms with Gasteiger partial charge in [0.05, 0.1) is 0 Å². The zero-order valence-corrected chi connectivity index (χ0v) is 15.2. The highest BCUT2D eigenvalue weighted by Crippen LogP contribution is 2.13. The van der Waals surface area contributed by atoms with Crippen LogP contribution in [0.15, 0.2) is 54.6 Å². The van der Waals surface area contributed by atoms with E-state index in [1.54, 1.807) is 6.92 Å². The monoisotopic (exact) mass is 357 g/mol. The molecule has 0 bridgehead atoms. The Morgan fingerprint density at radius 2 is 1.73 bits per heavy atom. The summed E-state index contributed by atoms with van der Waals surface area (Å²) in [4.78, 5) is 11.0. The maximum absolute atomic E-state index is 11.0. The first-order chi connectivity index (χ1) is 12.6. The van der Waals surface area contributed by atoms with Gasteiger partial charge in [-0.2, -0.15) is 0 Å². The van der Waals surface area contributed by atoms with Gasteiger partial charge in [0.1, 0.15) is 36.6 Å². The number of hydrogen-bond donors (Lipinski definition) is 2. The zero-order valence-electron chi connectivity index (χ0n) is 15.2. The number of para-hydroxylation sites is 1. The number of aliphatic hydroxyl groups excluding tert-OH is 1. The van der Waals surface area contributed by atoms with Crippen LogP contribution in [0.4, 0.5) is 0 Å². The molecule has 0 aromatic heterocycles. The summed E-state index contributed by atoms with van der Waals surface area (Å²) in [5.74, 6) is 1.75. The Labute approximate surface area is 155 Å². The van der Waals surface area contributed by atoms with Crippen molar-refractivity contribution >= 4 is 5.78 Å². The van der Waals surface area contributed by atoms with Crippen LogP contribution in [0.25, 0.3) is 0 Å². The molecule has 0 fully saturated rings. The molecule has 0 saturated heterocycles. The Balaban J connectivity index is 1.55. The molecule has 5 nitrogen and oxygen atoms in total. The molecule has 0 aliphatic rings. The highest BCUT2D eigenvalue weighted by Gasteiger charge is 2.04. The lowest BCUT2D eigenvalue weighted by Crippen LogP contribution is -2.33. The molecular weight excluding hydrogens is 330 g/mol. The molecule has 0 heterocycles. The van der Waals surface area contributed by atoms with Crippen molar-refractivity contribution in [2.75, 3.05) is 26.3 Å². The van der Waals surface area contributed by atoms with Crippen molar-refractivity contribution in [1.82, 2.24) is 5.32 Å². The van der Waals surface area contributed by atoms with Crippen LogP contribution in [-0.2, 0) is 11.2 Å². The van der Waals surface area contributed by atoms with E-state index in [0.717, 1.165) is 23.5 Å². The smallest absolute Gasteiger partial charge is 0.130 e. The highest BCUT2D eigenvalue weighted by molar-refractivity contribution is 5.75. The predicted molar refractivity (Wildman–Crippen MR) is 102 cm³/mol. The van der Waals surface area contributed by atoms with Crippen LogP contribution in [0, 0.1) is 0 Å². The number of aliphatic hydroxyl groups is 1. The van der Waals surface area contributed by atoms with Crippen LogP contribution >= 0.6 is 0 Å². The SMILES string of the molecule is CC(=O)CCc1ccc(OCCNCC(O)COc2ccccc2)cc1. The summed E-state index contributed by atoms with van der Waals surface area (Å²) < 4.78 is 11.2. The number of Topliss-reactive ketones (excluding diaryl/α,β-unsaturated/α-hetero) is 1. The fraction of sp³-hybridized carbons (Fsp3) is 0.381.